The molecule has 1 N–H and O–H groups in total. The lowest BCUT2D eigenvalue weighted by Crippen LogP contribution is -2.18. The van der Waals surface area contributed by atoms with Crippen molar-refractivity contribution in [2.24, 2.45) is 0 Å². The van der Waals surface area contributed by atoms with Crippen molar-refractivity contribution in [2.45, 2.75) is 19.8 Å². The molecule has 2 heterocycles. The maximum atomic E-state index is 14.2. The van der Waals surface area contributed by atoms with Crippen molar-refractivity contribution >= 4 is 11.6 Å². The molecule has 4 nitrogen and oxygen atoms in total. The van der Waals surface area contributed by atoms with Crippen LogP contribution in [0.25, 0.3) is 11.1 Å². The Morgan fingerprint density at radius 1 is 1.37 bits per heavy atom. The topological polar surface area (TPSA) is 54.9 Å². The third-order valence-corrected chi connectivity index (χ3v) is 3.31. The van der Waals surface area contributed by atoms with E-state index in [1.807, 2.05) is 0 Å². The van der Waals surface area contributed by atoms with Gasteiger partial charge in [-0.25, -0.2) is 14.4 Å². The molecule has 0 aliphatic carbocycles. The molecule has 1 unspecified atom stereocenters. The molecule has 1 aliphatic heterocycles. The number of carbonyl (C=O) groups is 1. The first-order valence-corrected chi connectivity index (χ1v) is 5.99. The minimum Gasteiger partial charge on any atom is -0.325 e. The Morgan fingerprint density at radius 3 is 2.95 bits per heavy atom. The molecule has 0 fully saturated rings. The SMILES string of the molecule is Cc1cc(F)c2c(c1)NC(=O)C(C)c1ncncc1-2. The minimum atomic E-state index is -0.440. The zero-order valence-electron chi connectivity index (χ0n) is 10.6. The summed E-state index contributed by atoms with van der Waals surface area (Å²) in [7, 11) is 0. The Kier molecular flexibility index (Phi) is 2.55. The van der Waals surface area contributed by atoms with Crippen molar-refractivity contribution in [3.63, 3.8) is 0 Å². The van der Waals surface area contributed by atoms with Gasteiger partial charge < -0.3 is 5.32 Å². The minimum absolute atomic E-state index is 0.191. The van der Waals surface area contributed by atoms with Crippen molar-refractivity contribution in [3.05, 3.63) is 41.7 Å². The second kappa shape index (κ2) is 4.12. The summed E-state index contributed by atoms with van der Waals surface area (Å²) in [6.45, 7) is 3.53. The maximum absolute atomic E-state index is 14.2. The van der Waals surface area contributed by atoms with Gasteiger partial charge in [-0.3, -0.25) is 4.79 Å². The van der Waals surface area contributed by atoms with Crippen LogP contribution in [0.2, 0.25) is 0 Å². The van der Waals surface area contributed by atoms with Crippen LogP contribution in [0.15, 0.2) is 24.7 Å². The van der Waals surface area contributed by atoms with Gasteiger partial charge in [0.25, 0.3) is 0 Å². The van der Waals surface area contributed by atoms with Crippen LogP contribution in [0, 0.1) is 12.7 Å². The largest absolute Gasteiger partial charge is 0.325 e. The van der Waals surface area contributed by atoms with Gasteiger partial charge in [0.05, 0.1) is 17.3 Å². The summed E-state index contributed by atoms with van der Waals surface area (Å²) in [6.07, 6.45) is 2.93. The molecule has 1 aromatic carbocycles. The van der Waals surface area contributed by atoms with Crippen LogP contribution in [0.4, 0.5) is 10.1 Å². The van der Waals surface area contributed by atoms with Crippen LogP contribution in [-0.2, 0) is 4.79 Å². The van der Waals surface area contributed by atoms with Crippen LogP contribution in [-0.4, -0.2) is 15.9 Å². The summed E-state index contributed by atoms with van der Waals surface area (Å²) in [4.78, 5) is 20.1. The molecule has 0 radical (unpaired) electrons. The summed E-state index contributed by atoms with van der Waals surface area (Å²) < 4.78 is 14.2. The quantitative estimate of drug-likeness (QED) is 0.789. The lowest BCUT2D eigenvalue weighted by Gasteiger charge is -2.10. The van der Waals surface area contributed by atoms with Crippen molar-refractivity contribution < 1.29 is 9.18 Å². The Bertz CT molecular complexity index is 684. The fourth-order valence-corrected chi connectivity index (χ4v) is 2.36. The maximum Gasteiger partial charge on any atom is 0.233 e. The van der Waals surface area contributed by atoms with E-state index in [-0.39, 0.29) is 11.7 Å². The Morgan fingerprint density at radius 2 is 2.16 bits per heavy atom. The van der Waals surface area contributed by atoms with E-state index in [1.54, 1.807) is 26.1 Å². The number of hydrogen-bond acceptors (Lipinski definition) is 3. The first kappa shape index (κ1) is 11.8. The number of benzene rings is 1. The molecule has 0 spiro atoms. The molecule has 1 aromatic heterocycles. The van der Waals surface area contributed by atoms with E-state index in [4.69, 9.17) is 0 Å². The van der Waals surface area contributed by atoms with Gasteiger partial charge in [0.15, 0.2) is 0 Å². The Hall–Kier alpha value is -2.30. The Labute approximate surface area is 109 Å². The van der Waals surface area contributed by atoms with Gasteiger partial charge in [0.2, 0.25) is 5.91 Å². The fourth-order valence-electron chi connectivity index (χ4n) is 2.36. The van der Waals surface area contributed by atoms with Crippen molar-refractivity contribution in [2.75, 3.05) is 5.32 Å². The number of halogens is 1. The number of aryl methyl sites for hydroxylation is 1. The molecule has 1 atom stereocenters. The van der Waals surface area contributed by atoms with E-state index < -0.39 is 5.92 Å². The first-order valence-electron chi connectivity index (χ1n) is 5.99. The predicted octanol–water partition coefficient (Wildman–Crippen LogP) is 2.65. The second-order valence-corrected chi connectivity index (χ2v) is 4.70. The number of fused-ring (bicyclic) bond motifs is 3. The van der Waals surface area contributed by atoms with E-state index in [2.05, 4.69) is 15.3 Å². The standard InChI is InChI=1S/C14H12FN3O/c1-7-3-10(15)12-9-5-16-6-17-13(9)8(2)14(19)18-11(12)4-7/h3-6,8H,1-2H3,(H,18,19). The molecule has 19 heavy (non-hydrogen) atoms. The summed E-state index contributed by atoms with van der Waals surface area (Å²) in [5, 5.41) is 2.75. The molecular weight excluding hydrogens is 245 g/mol. The van der Waals surface area contributed by atoms with Crippen LogP contribution in [0.3, 0.4) is 0 Å². The van der Waals surface area contributed by atoms with Crippen LogP contribution < -0.4 is 5.32 Å². The smallest absolute Gasteiger partial charge is 0.233 e. The van der Waals surface area contributed by atoms with Gasteiger partial charge in [0.1, 0.15) is 12.1 Å². The molecular formula is C14H12FN3O. The third-order valence-electron chi connectivity index (χ3n) is 3.31. The summed E-state index contributed by atoms with van der Waals surface area (Å²) in [6, 6.07) is 3.20. The van der Waals surface area contributed by atoms with Gasteiger partial charge in [-0.15, -0.1) is 0 Å². The average Bonchev–Trinajstić information content (AvgIpc) is 2.46. The number of hydrogen-bond donors (Lipinski definition) is 1. The average molecular weight is 257 g/mol. The van der Waals surface area contributed by atoms with Crippen molar-refractivity contribution in [1.29, 1.82) is 0 Å². The summed E-state index contributed by atoms with van der Waals surface area (Å²) in [5.74, 6) is -1.01. The molecule has 1 aliphatic rings. The van der Waals surface area contributed by atoms with E-state index in [0.717, 1.165) is 5.56 Å². The molecule has 3 rings (SSSR count). The third kappa shape index (κ3) is 1.78. The van der Waals surface area contributed by atoms with Gasteiger partial charge in [0, 0.05) is 17.3 Å². The van der Waals surface area contributed by atoms with Crippen molar-refractivity contribution in [3.8, 4) is 11.1 Å². The zero-order chi connectivity index (χ0) is 13.6. The number of anilines is 1. The fraction of sp³-hybridized carbons (Fsp3) is 0.214. The van der Waals surface area contributed by atoms with Crippen LogP contribution in [0.5, 0.6) is 0 Å². The van der Waals surface area contributed by atoms with Crippen molar-refractivity contribution in [1.82, 2.24) is 9.97 Å². The zero-order valence-corrected chi connectivity index (χ0v) is 10.6. The summed E-state index contributed by atoms with van der Waals surface area (Å²) in [5.41, 5.74) is 2.71. The Balaban J connectivity index is 2.38. The van der Waals surface area contributed by atoms with Gasteiger partial charge in [-0.05, 0) is 31.5 Å². The molecule has 0 bridgehead atoms. The van der Waals surface area contributed by atoms with E-state index in [9.17, 15) is 9.18 Å². The van der Waals surface area contributed by atoms with Gasteiger partial charge >= 0.3 is 0 Å². The monoisotopic (exact) mass is 257 g/mol. The highest BCUT2D eigenvalue weighted by Crippen LogP contribution is 2.38. The summed E-state index contributed by atoms with van der Waals surface area (Å²) >= 11 is 0. The molecule has 5 heteroatoms. The number of nitrogens with one attached hydrogen (secondary N) is 1. The highest BCUT2D eigenvalue weighted by molar-refractivity contribution is 6.02. The highest BCUT2D eigenvalue weighted by atomic mass is 19.1. The molecule has 1 amide bonds. The lowest BCUT2D eigenvalue weighted by molar-refractivity contribution is -0.117. The van der Waals surface area contributed by atoms with E-state index in [1.165, 1.54) is 12.4 Å². The molecule has 0 saturated heterocycles. The first-order chi connectivity index (χ1) is 9.08. The number of carbonyl (C=O) groups excluding carboxylic acids is 1. The highest BCUT2D eigenvalue weighted by Gasteiger charge is 2.28. The molecule has 96 valence electrons. The normalized spacial score (nSPS) is 17.2. The lowest BCUT2D eigenvalue weighted by atomic mass is 9.98. The van der Waals surface area contributed by atoms with Gasteiger partial charge in [-0.2, -0.15) is 0 Å². The predicted molar refractivity (Wildman–Crippen MR) is 69.2 cm³/mol. The molecule has 0 saturated carbocycles. The van der Waals surface area contributed by atoms with E-state index in [0.29, 0.717) is 22.5 Å². The second-order valence-electron chi connectivity index (χ2n) is 4.70. The van der Waals surface area contributed by atoms with Gasteiger partial charge in [-0.1, -0.05) is 0 Å². The van der Waals surface area contributed by atoms with E-state index >= 15 is 0 Å². The number of rotatable bonds is 0. The molecule has 2 aromatic rings. The number of amides is 1. The number of aromatic nitrogens is 2. The number of nitrogens with zero attached hydrogens (tertiary/aromatic N) is 2. The van der Waals surface area contributed by atoms with Crippen LogP contribution >= 0.6 is 0 Å². The van der Waals surface area contributed by atoms with Crippen LogP contribution in [0.1, 0.15) is 24.1 Å².